The van der Waals surface area contributed by atoms with Crippen molar-refractivity contribution in [3.8, 4) is 22.1 Å². The Morgan fingerprint density at radius 1 is 0.950 bits per heavy atom. The van der Waals surface area contributed by atoms with Crippen LogP contribution in [0.15, 0.2) is 60.9 Å². The van der Waals surface area contributed by atoms with Crippen molar-refractivity contribution in [3.63, 3.8) is 0 Å². The summed E-state index contributed by atoms with van der Waals surface area (Å²) in [6.07, 6.45) is 2.55. The molecule has 206 valence electrons. The van der Waals surface area contributed by atoms with E-state index in [2.05, 4.69) is 69.4 Å². The van der Waals surface area contributed by atoms with Gasteiger partial charge in [-0.25, -0.2) is 15.0 Å². The molecule has 1 N–H and O–H groups in total. The number of benzene rings is 3. The minimum Gasteiger partial charge on any atom is -0.493 e. The highest BCUT2D eigenvalue weighted by atomic mass is 32.1. The summed E-state index contributed by atoms with van der Waals surface area (Å²) in [4.78, 5) is 18.8. The maximum absolute atomic E-state index is 6.17. The van der Waals surface area contributed by atoms with Gasteiger partial charge in [0.2, 0.25) is 0 Å². The monoisotopic (exact) mass is 554 g/mol. The van der Waals surface area contributed by atoms with E-state index in [-0.39, 0.29) is 0 Å². The van der Waals surface area contributed by atoms with Crippen LogP contribution in [0.3, 0.4) is 0 Å². The molecule has 1 aliphatic heterocycles. The van der Waals surface area contributed by atoms with Crippen molar-refractivity contribution in [1.82, 2.24) is 24.8 Å². The fraction of sp³-hybridized carbons (Fsp3) is 0.323. The summed E-state index contributed by atoms with van der Waals surface area (Å²) < 4.78 is 13.1. The Bertz CT molecular complexity index is 1600. The first-order valence-electron chi connectivity index (χ1n) is 13.7. The summed E-state index contributed by atoms with van der Waals surface area (Å²) in [5, 5.41) is 5.40. The van der Waals surface area contributed by atoms with Crippen molar-refractivity contribution in [3.05, 3.63) is 66.5 Å². The van der Waals surface area contributed by atoms with Crippen LogP contribution in [0.4, 0.5) is 11.5 Å². The first kappa shape index (κ1) is 26.4. The predicted octanol–water partition coefficient (Wildman–Crippen LogP) is 5.98. The molecule has 3 aromatic carbocycles. The number of ether oxygens (including phenoxy) is 2. The Hall–Kier alpha value is -3.79. The van der Waals surface area contributed by atoms with Crippen LogP contribution in [-0.4, -0.2) is 78.2 Å². The molecule has 0 bridgehead atoms. The Balaban J connectivity index is 1.20. The molecule has 3 heterocycles. The van der Waals surface area contributed by atoms with Crippen LogP contribution in [0.25, 0.3) is 31.7 Å². The molecule has 5 aromatic rings. The minimum atomic E-state index is 0.627. The fourth-order valence-electron chi connectivity index (χ4n) is 4.99. The third kappa shape index (κ3) is 5.72. The topological polar surface area (TPSA) is 75.6 Å². The Morgan fingerprint density at radius 3 is 2.62 bits per heavy atom. The van der Waals surface area contributed by atoms with Gasteiger partial charge < -0.3 is 24.6 Å². The zero-order chi connectivity index (χ0) is 27.5. The number of nitrogens with zero attached hydrogens (tertiary/aromatic N) is 5. The number of nitrogens with one attached hydrogen (secondary N) is 1. The second-order valence-corrected chi connectivity index (χ2v) is 11.3. The lowest BCUT2D eigenvalue weighted by Crippen LogP contribution is -2.44. The molecule has 0 unspecified atom stereocenters. The van der Waals surface area contributed by atoms with E-state index in [4.69, 9.17) is 14.5 Å². The number of fused-ring (bicyclic) bond motifs is 2. The number of aromatic nitrogens is 3. The van der Waals surface area contributed by atoms with Gasteiger partial charge in [0.05, 0.1) is 29.5 Å². The lowest BCUT2D eigenvalue weighted by Gasteiger charge is -2.32. The van der Waals surface area contributed by atoms with Crippen LogP contribution >= 0.6 is 11.3 Å². The van der Waals surface area contributed by atoms with Crippen molar-refractivity contribution in [1.29, 1.82) is 0 Å². The molecular weight excluding hydrogens is 520 g/mol. The number of hydrogen-bond acceptors (Lipinski definition) is 9. The average molecular weight is 555 g/mol. The van der Waals surface area contributed by atoms with Gasteiger partial charge in [-0.15, -0.1) is 11.3 Å². The predicted molar refractivity (Wildman–Crippen MR) is 163 cm³/mol. The van der Waals surface area contributed by atoms with Gasteiger partial charge in [-0.2, -0.15) is 0 Å². The van der Waals surface area contributed by atoms with E-state index >= 15 is 0 Å². The van der Waals surface area contributed by atoms with Crippen molar-refractivity contribution in [2.45, 2.75) is 13.3 Å². The molecule has 0 aliphatic carbocycles. The van der Waals surface area contributed by atoms with Crippen LogP contribution in [0, 0.1) is 6.92 Å². The quantitative estimate of drug-likeness (QED) is 0.223. The normalized spacial score (nSPS) is 14.6. The zero-order valence-corrected chi connectivity index (χ0v) is 24.0. The van der Waals surface area contributed by atoms with Gasteiger partial charge in [-0.1, -0.05) is 24.3 Å². The highest BCUT2D eigenvalue weighted by molar-refractivity contribution is 7.21. The molecule has 2 aromatic heterocycles. The minimum absolute atomic E-state index is 0.627. The first-order chi connectivity index (χ1) is 19.6. The standard InChI is InChI=1S/C31H34N6O2S/c1-21-9-10-22(31-35-24-7-4-5-8-29(24)40-31)17-25(21)34-30-23-18-27(38-3)28(19-26(23)32-20-33-30)39-16-6-11-37-14-12-36(2)13-15-37/h4-5,7-10,17-20H,6,11-16H2,1-3H3,(H,32,33,34). The average Bonchev–Trinajstić information content (AvgIpc) is 3.41. The molecular formula is C31H34N6O2S. The lowest BCUT2D eigenvalue weighted by atomic mass is 10.1. The molecule has 8 nitrogen and oxygen atoms in total. The molecule has 1 aliphatic rings. The molecule has 0 atom stereocenters. The van der Waals surface area contributed by atoms with E-state index in [1.54, 1.807) is 24.8 Å². The summed E-state index contributed by atoms with van der Waals surface area (Å²) >= 11 is 1.70. The van der Waals surface area contributed by atoms with Gasteiger partial charge in [0.25, 0.3) is 0 Å². The number of likely N-dealkylation sites (N-methyl/N-ethyl adjacent to an activating group) is 1. The van der Waals surface area contributed by atoms with Crippen LogP contribution in [0.1, 0.15) is 12.0 Å². The molecule has 9 heteroatoms. The Morgan fingerprint density at radius 2 is 1.80 bits per heavy atom. The fourth-order valence-corrected chi connectivity index (χ4v) is 5.95. The second kappa shape index (κ2) is 11.8. The zero-order valence-electron chi connectivity index (χ0n) is 23.2. The van der Waals surface area contributed by atoms with Crippen LogP contribution < -0.4 is 14.8 Å². The number of thiazole rings is 1. The van der Waals surface area contributed by atoms with Gasteiger partial charge in [0.1, 0.15) is 17.2 Å². The van der Waals surface area contributed by atoms with E-state index in [1.807, 2.05) is 24.3 Å². The molecule has 6 rings (SSSR count). The van der Waals surface area contributed by atoms with Crippen LogP contribution in [-0.2, 0) is 0 Å². The highest BCUT2D eigenvalue weighted by Gasteiger charge is 2.16. The van der Waals surface area contributed by atoms with E-state index in [0.29, 0.717) is 18.1 Å². The van der Waals surface area contributed by atoms with Gasteiger partial charge in [0.15, 0.2) is 11.5 Å². The van der Waals surface area contributed by atoms with E-state index in [9.17, 15) is 0 Å². The van der Waals surface area contributed by atoms with E-state index in [0.717, 1.165) is 83.2 Å². The third-order valence-corrected chi connectivity index (χ3v) is 8.51. The summed E-state index contributed by atoms with van der Waals surface area (Å²) in [5.41, 5.74) is 4.97. The summed E-state index contributed by atoms with van der Waals surface area (Å²) in [5.74, 6) is 2.09. The van der Waals surface area contributed by atoms with Crippen molar-refractivity contribution in [2.75, 3.05) is 58.8 Å². The number of methoxy groups -OCH3 is 1. The number of rotatable bonds is 9. The maximum atomic E-state index is 6.17. The Kier molecular flexibility index (Phi) is 7.77. The smallest absolute Gasteiger partial charge is 0.163 e. The summed E-state index contributed by atoms with van der Waals surface area (Å²) in [7, 11) is 3.85. The number of hydrogen-bond donors (Lipinski definition) is 1. The van der Waals surface area contributed by atoms with E-state index in [1.165, 1.54) is 4.70 Å². The number of para-hydroxylation sites is 1. The Labute approximate surface area is 238 Å². The number of aryl methyl sites for hydroxylation is 1. The molecule has 0 radical (unpaired) electrons. The molecule has 0 amide bonds. The van der Waals surface area contributed by atoms with Gasteiger partial charge in [0, 0.05) is 55.4 Å². The van der Waals surface area contributed by atoms with Gasteiger partial charge in [-0.05, 0) is 50.2 Å². The van der Waals surface area contributed by atoms with Crippen LogP contribution in [0.5, 0.6) is 11.5 Å². The van der Waals surface area contributed by atoms with Crippen molar-refractivity contribution in [2.24, 2.45) is 0 Å². The van der Waals surface area contributed by atoms with Gasteiger partial charge in [-0.3, -0.25) is 0 Å². The highest BCUT2D eigenvalue weighted by Crippen LogP contribution is 2.37. The third-order valence-electron chi connectivity index (χ3n) is 7.42. The van der Waals surface area contributed by atoms with Gasteiger partial charge >= 0.3 is 0 Å². The van der Waals surface area contributed by atoms with Crippen molar-refractivity contribution < 1.29 is 9.47 Å². The molecule has 0 saturated carbocycles. The lowest BCUT2D eigenvalue weighted by molar-refractivity contribution is 0.145. The second-order valence-electron chi connectivity index (χ2n) is 10.2. The molecule has 40 heavy (non-hydrogen) atoms. The largest absolute Gasteiger partial charge is 0.493 e. The summed E-state index contributed by atoms with van der Waals surface area (Å²) in [6, 6.07) is 18.5. The molecule has 1 saturated heterocycles. The maximum Gasteiger partial charge on any atom is 0.163 e. The summed E-state index contributed by atoms with van der Waals surface area (Å²) in [6.45, 7) is 8.24. The number of anilines is 2. The molecule has 0 spiro atoms. The first-order valence-corrected chi connectivity index (χ1v) is 14.5. The SMILES string of the molecule is COc1cc2c(Nc3cc(-c4nc5ccccc5s4)ccc3C)ncnc2cc1OCCCN1CCN(C)CC1. The molecule has 1 fully saturated rings. The number of piperazine rings is 1. The van der Waals surface area contributed by atoms with Crippen LogP contribution in [0.2, 0.25) is 0 Å². The van der Waals surface area contributed by atoms with Crippen molar-refractivity contribution >= 4 is 44.0 Å². The van der Waals surface area contributed by atoms with E-state index < -0.39 is 0 Å².